The first kappa shape index (κ1) is 24.4. The molecule has 1 unspecified atom stereocenters. The molecule has 0 aliphatic carbocycles. The van der Waals surface area contributed by atoms with Crippen LogP contribution >= 0.6 is 11.8 Å². The average molecular weight is 527 g/mol. The molecule has 0 bridgehead atoms. The van der Waals surface area contributed by atoms with Crippen molar-refractivity contribution in [3.05, 3.63) is 53.5 Å². The highest BCUT2D eigenvalue weighted by molar-refractivity contribution is 8.00. The lowest BCUT2D eigenvalue weighted by Crippen LogP contribution is -2.71. The van der Waals surface area contributed by atoms with Crippen molar-refractivity contribution in [1.82, 2.24) is 15.2 Å². The molecule has 3 aromatic heterocycles. The molecule has 2 atom stereocenters. The number of thioether (sulfide) groups is 1. The number of carbonyl (C=O) groups excluding carboxylic acids is 3. The summed E-state index contributed by atoms with van der Waals surface area (Å²) < 4.78 is 12.3. The zero-order chi connectivity index (χ0) is 26.3. The SMILES string of the molecule is CCO/N=C(/C(=O)NC1C(=O)N2C(C(=O)[O-])=C(C[n+]3ccc4oc(C)cc4c3)CS[C@H]12)c1coc(N)n1. The van der Waals surface area contributed by atoms with Crippen LogP contribution in [0, 0.1) is 6.92 Å². The van der Waals surface area contributed by atoms with Crippen molar-refractivity contribution >= 4 is 52.2 Å². The molecule has 0 saturated carbocycles. The molecule has 3 N–H and O–H groups in total. The Bertz CT molecular complexity index is 1480. The van der Waals surface area contributed by atoms with E-state index in [2.05, 4.69) is 15.5 Å². The largest absolute Gasteiger partial charge is 0.543 e. The van der Waals surface area contributed by atoms with Gasteiger partial charge in [-0.2, -0.15) is 4.98 Å². The van der Waals surface area contributed by atoms with Crippen LogP contribution in [0.2, 0.25) is 0 Å². The number of nitrogens with two attached hydrogens (primary N) is 1. The Morgan fingerprint density at radius 1 is 1.46 bits per heavy atom. The van der Waals surface area contributed by atoms with Crippen molar-refractivity contribution < 1.29 is 37.7 Å². The van der Waals surface area contributed by atoms with E-state index in [-0.39, 0.29) is 36.3 Å². The molecule has 2 amide bonds. The molecule has 1 saturated heterocycles. The number of aromatic nitrogens is 2. The van der Waals surface area contributed by atoms with Crippen molar-refractivity contribution in [1.29, 1.82) is 0 Å². The number of oxime groups is 1. The van der Waals surface area contributed by atoms with Gasteiger partial charge in [-0.3, -0.25) is 14.5 Å². The summed E-state index contributed by atoms with van der Waals surface area (Å²) in [7, 11) is 0. The number of fused-ring (bicyclic) bond motifs is 2. The van der Waals surface area contributed by atoms with E-state index in [1.54, 1.807) is 19.2 Å². The number of aryl methyl sites for hydroxylation is 1. The number of nitrogen functional groups attached to an aromatic ring is 1. The van der Waals surface area contributed by atoms with Crippen molar-refractivity contribution in [2.75, 3.05) is 18.1 Å². The second kappa shape index (κ2) is 9.61. The summed E-state index contributed by atoms with van der Waals surface area (Å²) in [5.41, 5.74) is 6.33. The zero-order valence-electron chi connectivity index (χ0n) is 19.8. The number of rotatable bonds is 8. The van der Waals surface area contributed by atoms with E-state index in [1.807, 2.05) is 23.8 Å². The summed E-state index contributed by atoms with van der Waals surface area (Å²) in [6.45, 7) is 3.95. The van der Waals surface area contributed by atoms with Crippen LogP contribution in [0.3, 0.4) is 0 Å². The van der Waals surface area contributed by atoms with Gasteiger partial charge in [-0.25, -0.2) is 4.57 Å². The molecule has 3 aromatic rings. The van der Waals surface area contributed by atoms with Crippen LogP contribution in [0.1, 0.15) is 18.4 Å². The summed E-state index contributed by atoms with van der Waals surface area (Å²) in [6.07, 6.45) is 4.76. The van der Waals surface area contributed by atoms with Gasteiger partial charge in [0.1, 0.15) is 41.3 Å². The highest BCUT2D eigenvalue weighted by Crippen LogP contribution is 2.40. The van der Waals surface area contributed by atoms with E-state index in [0.717, 1.165) is 27.9 Å². The number of hydrogen-bond donors (Lipinski definition) is 2. The normalized spacial score (nSPS) is 19.6. The van der Waals surface area contributed by atoms with E-state index >= 15 is 0 Å². The maximum atomic E-state index is 13.0. The van der Waals surface area contributed by atoms with Gasteiger partial charge in [-0.05, 0) is 19.9 Å². The maximum absolute atomic E-state index is 13.0. The fourth-order valence-electron chi connectivity index (χ4n) is 4.22. The van der Waals surface area contributed by atoms with E-state index < -0.39 is 29.2 Å². The third kappa shape index (κ3) is 4.50. The van der Waals surface area contributed by atoms with Crippen molar-refractivity contribution in [2.45, 2.75) is 31.8 Å². The van der Waals surface area contributed by atoms with Crippen LogP contribution in [0.15, 0.2) is 56.0 Å². The summed E-state index contributed by atoms with van der Waals surface area (Å²) in [4.78, 5) is 48.1. The topological polar surface area (TPSA) is 180 Å². The van der Waals surface area contributed by atoms with Crippen molar-refractivity contribution in [3.8, 4) is 0 Å². The second-order valence-corrected chi connectivity index (χ2v) is 9.43. The molecule has 2 aliphatic heterocycles. The van der Waals surface area contributed by atoms with Gasteiger partial charge in [0.25, 0.3) is 17.8 Å². The highest BCUT2D eigenvalue weighted by atomic mass is 32.2. The Kier molecular flexibility index (Phi) is 6.33. The number of β-lactam (4-membered cyclic amide) rings is 1. The first-order chi connectivity index (χ1) is 17.8. The standard InChI is InChI=1S/C23H22N6O7S/c1-3-35-27-16(14-9-34-23(24)25-14)19(30)26-17-20(31)29-18(22(32)33)13(10-37-21(17)29)8-28-5-4-15-12(7-28)6-11(2)36-15/h4-7,9,17,21H,3,8,10H2,1-2H3,(H3-,24,25,26,30,32,33)/b27-16+/t17?,21-/m1/s1. The number of furan rings is 1. The lowest BCUT2D eigenvalue weighted by atomic mass is 10.0. The molecule has 0 spiro atoms. The third-order valence-corrected chi connectivity index (χ3v) is 7.14. The highest BCUT2D eigenvalue weighted by Gasteiger charge is 2.53. The number of pyridine rings is 1. The average Bonchev–Trinajstić information content (AvgIpc) is 3.46. The van der Waals surface area contributed by atoms with Gasteiger partial charge in [0.2, 0.25) is 0 Å². The van der Waals surface area contributed by atoms with E-state index in [4.69, 9.17) is 19.4 Å². The number of hydrogen-bond acceptors (Lipinski definition) is 11. The number of nitrogens with one attached hydrogen (secondary N) is 1. The molecule has 37 heavy (non-hydrogen) atoms. The predicted molar refractivity (Wildman–Crippen MR) is 127 cm³/mol. The van der Waals surface area contributed by atoms with Gasteiger partial charge in [0.05, 0.1) is 17.1 Å². The molecule has 0 radical (unpaired) electrons. The van der Waals surface area contributed by atoms with Crippen LogP contribution in [0.25, 0.3) is 11.0 Å². The Morgan fingerprint density at radius 2 is 2.27 bits per heavy atom. The number of nitrogens with zero attached hydrogens (tertiary/aromatic N) is 4. The molecule has 192 valence electrons. The van der Waals surface area contributed by atoms with Gasteiger partial charge >= 0.3 is 0 Å². The van der Waals surface area contributed by atoms with E-state index in [1.165, 1.54) is 11.8 Å². The summed E-state index contributed by atoms with van der Waals surface area (Å²) in [6, 6.07) is 2.53. The Hall–Kier alpha value is -4.33. The second-order valence-electron chi connectivity index (χ2n) is 8.32. The fourth-order valence-corrected chi connectivity index (χ4v) is 5.56. The molecule has 2 aliphatic rings. The Morgan fingerprint density at radius 3 is 2.97 bits per heavy atom. The van der Waals surface area contributed by atoms with Gasteiger partial charge in [0, 0.05) is 17.4 Å². The number of carboxylic acids is 1. The minimum absolute atomic E-state index is 0.0304. The lowest BCUT2D eigenvalue weighted by Gasteiger charge is -2.50. The van der Waals surface area contributed by atoms with Crippen LogP contribution in [-0.2, 0) is 25.8 Å². The monoisotopic (exact) mass is 526 g/mol. The quantitative estimate of drug-likeness (QED) is 0.167. The van der Waals surface area contributed by atoms with Gasteiger partial charge in [-0.15, -0.1) is 11.8 Å². The van der Waals surface area contributed by atoms with Crippen LogP contribution in [0.4, 0.5) is 6.01 Å². The van der Waals surface area contributed by atoms with Crippen LogP contribution in [-0.4, -0.2) is 57.2 Å². The number of aliphatic carboxylic acids is 1. The van der Waals surface area contributed by atoms with Gasteiger partial charge in [-0.1, -0.05) is 5.16 Å². The fraction of sp³-hybridized carbons (Fsp3) is 0.304. The lowest BCUT2D eigenvalue weighted by molar-refractivity contribution is -0.687. The summed E-state index contributed by atoms with van der Waals surface area (Å²) in [5.74, 6) is -1.71. The number of anilines is 1. The van der Waals surface area contributed by atoms with E-state index in [0.29, 0.717) is 11.3 Å². The summed E-state index contributed by atoms with van der Waals surface area (Å²) >= 11 is 1.34. The molecular weight excluding hydrogens is 504 g/mol. The van der Waals surface area contributed by atoms with Crippen LogP contribution in [0.5, 0.6) is 0 Å². The molecular formula is C23H22N6O7S. The smallest absolute Gasteiger partial charge is 0.292 e. The number of carbonyl (C=O) groups is 3. The number of amides is 2. The molecule has 5 heterocycles. The minimum atomic E-state index is -1.46. The molecule has 0 aromatic carbocycles. The first-order valence-electron chi connectivity index (χ1n) is 11.3. The minimum Gasteiger partial charge on any atom is -0.543 e. The van der Waals surface area contributed by atoms with Crippen molar-refractivity contribution in [3.63, 3.8) is 0 Å². The molecule has 1 fully saturated rings. The molecule has 5 rings (SSSR count). The van der Waals surface area contributed by atoms with Gasteiger partial charge in [0.15, 0.2) is 24.7 Å². The Balaban J connectivity index is 1.35. The van der Waals surface area contributed by atoms with E-state index in [9.17, 15) is 19.5 Å². The van der Waals surface area contributed by atoms with Gasteiger partial charge < -0.3 is 34.6 Å². The molecule has 13 nitrogen and oxygen atoms in total. The number of oxazole rings is 1. The third-order valence-electron chi connectivity index (χ3n) is 5.80. The zero-order valence-corrected chi connectivity index (χ0v) is 20.6. The summed E-state index contributed by atoms with van der Waals surface area (Å²) in [5, 5.41) is 18.7. The molecule has 14 heteroatoms. The predicted octanol–water partition coefficient (Wildman–Crippen LogP) is -0.556. The Labute approximate surface area is 213 Å². The first-order valence-corrected chi connectivity index (χ1v) is 12.3. The van der Waals surface area contributed by atoms with Crippen LogP contribution < -0.4 is 20.7 Å². The maximum Gasteiger partial charge on any atom is 0.292 e. The number of carboxylic acid groups (broad SMARTS) is 1. The van der Waals surface area contributed by atoms with Crippen molar-refractivity contribution in [2.24, 2.45) is 5.16 Å².